The number of hydrogen-bond acceptors (Lipinski definition) is 7. The van der Waals surface area contributed by atoms with E-state index in [-0.39, 0.29) is 11.4 Å². The van der Waals surface area contributed by atoms with Crippen LogP contribution in [0.5, 0.6) is 5.75 Å². The fraction of sp³-hybridized carbons (Fsp3) is 0.333. The maximum atomic E-state index is 13.8. The van der Waals surface area contributed by atoms with E-state index < -0.39 is 5.82 Å². The molecule has 0 bridgehead atoms. The quantitative estimate of drug-likeness (QED) is 0.507. The van der Waals surface area contributed by atoms with Crippen molar-refractivity contribution in [3.63, 3.8) is 0 Å². The van der Waals surface area contributed by atoms with E-state index in [0.29, 0.717) is 29.3 Å². The molecular formula is C21H22FN5O2. The van der Waals surface area contributed by atoms with E-state index in [9.17, 15) is 4.39 Å². The fourth-order valence-electron chi connectivity index (χ4n) is 2.85. The summed E-state index contributed by atoms with van der Waals surface area (Å²) < 4.78 is 24.6. The molecule has 0 radical (unpaired) electrons. The van der Waals surface area contributed by atoms with Crippen LogP contribution in [0.2, 0.25) is 0 Å². The van der Waals surface area contributed by atoms with Crippen LogP contribution >= 0.6 is 0 Å². The maximum absolute atomic E-state index is 13.8. The Bertz CT molecular complexity index is 983. The van der Waals surface area contributed by atoms with Gasteiger partial charge in [0, 0.05) is 5.56 Å². The minimum Gasteiger partial charge on any atom is -0.491 e. The summed E-state index contributed by atoms with van der Waals surface area (Å²) in [6.45, 7) is 1.58. The van der Waals surface area contributed by atoms with Crippen molar-refractivity contribution < 1.29 is 13.7 Å². The third-order valence-corrected chi connectivity index (χ3v) is 4.26. The van der Waals surface area contributed by atoms with Gasteiger partial charge in [-0.3, -0.25) is 0 Å². The lowest BCUT2D eigenvalue weighted by molar-refractivity contribution is 0.299. The molecule has 2 heterocycles. The number of rotatable bonds is 9. The van der Waals surface area contributed by atoms with Crippen LogP contribution in [0.25, 0.3) is 22.8 Å². The highest BCUT2D eigenvalue weighted by atomic mass is 19.1. The summed E-state index contributed by atoms with van der Waals surface area (Å²) in [5.74, 6) is 0.311. The van der Waals surface area contributed by atoms with E-state index in [2.05, 4.69) is 34.1 Å². The molecule has 2 aromatic heterocycles. The first-order valence-electron chi connectivity index (χ1n) is 9.33. The minimum atomic E-state index is -0.500. The van der Waals surface area contributed by atoms with E-state index in [1.165, 1.54) is 18.5 Å². The van der Waals surface area contributed by atoms with Crippen molar-refractivity contribution in [3.8, 4) is 34.6 Å². The third-order valence-electron chi connectivity index (χ3n) is 4.26. The zero-order valence-corrected chi connectivity index (χ0v) is 16.4. The maximum Gasteiger partial charge on any atom is 0.224 e. The summed E-state index contributed by atoms with van der Waals surface area (Å²) in [4.78, 5) is 10.8. The number of nitrogens with zero attached hydrogens (tertiary/aromatic N) is 5. The summed E-state index contributed by atoms with van der Waals surface area (Å²) in [7, 11) is 4.11. The van der Waals surface area contributed by atoms with Gasteiger partial charge in [-0.1, -0.05) is 5.16 Å². The summed E-state index contributed by atoms with van der Waals surface area (Å²) in [5.41, 5.74) is 1.61. The van der Waals surface area contributed by atoms with Crippen LogP contribution in [0.15, 0.2) is 41.2 Å². The topological polar surface area (TPSA) is 88.1 Å². The van der Waals surface area contributed by atoms with Crippen molar-refractivity contribution in [2.45, 2.75) is 19.3 Å². The van der Waals surface area contributed by atoms with Gasteiger partial charge in [-0.05, 0) is 70.2 Å². The number of halogens is 1. The Morgan fingerprint density at radius 1 is 1.17 bits per heavy atom. The molecule has 0 atom stereocenters. The lowest BCUT2D eigenvalue weighted by Gasteiger charge is -2.12. The van der Waals surface area contributed by atoms with Gasteiger partial charge in [0.25, 0.3) is 0 Å². The number of ether oxygens (including phenoxy) is 1. The van der Waals surface area contributed by atoms with Crippen LogP contribution in [-0.4, -0.2) is 47.3 Å². The highest BCUT2D eigenvalue weighted by Crippen LogP contribution is 2.30. The molecular weight excluding hydrogens is 373 g/mol. The van der Waals surface area contributed by atoms with Gasteiger partial charge in [0.1, 0.15) is 11.6 Å². The molecule has 0 amide bonds. The zero-order valence-electron chi connectivity index (χ0n) is 16.4. The average molecular weight is 395 g/mol. The molecule has 0 aliphatic heterocycles. The molecule has 1 aromatic carbocycles. The highest BCUT2D eigenvalue weighted by molar-refractivity contribution is 5.68. The first-order chi connectivity index (χ1) is 14.1. The Balaban J connectivity index is 1.80. The molecule has 7 nitrogen and oxygen atoms in total. The molecule has 0 saturated carbocycles. The summed E-state index contributed by atoms with van der Waals surface area (Å²) in [6, 6.07) is 9.51. The Kier molecular flexibility index (Phi) is 6.87. The monoisotopic (exact) mass is 395 g/mol. The lowest BCUT2D eigenvalue weighted by atomic mass is 10.1. The molecule has 0 aliphatic rings. The number of nitriles is 1. The van der Waals surface area contributed by atoms with Crippen molar-refractivity contribution >= 4 is 0 Å². The van der Waals surface area contributed by atoms with E-state index in [4.69, 9.17) is 14.5 Å². The molecule has 0 saturated heterocycles. The molecule has 3 aromatic rings. The molecule has 29 heavy (non-hydrogen) atoms. The summed E-state index contributed by atoms with van der Waals surface area (Å²) in [5, 5.41) is 12.9. The lowest BCUT2D eigenvalue weighted by Crippen LogP contribution is -2.13. The second-order valence-corrected chi connectivity index (χ2v) is 6.85. The van der Waals surface area contributed by atoms with Crippen LogP contribution in [-0.2, 0) is 0 Å². The van der Waals surface area contributed by atoms with Gasteiger partial charge in [0.05, 0.1) is 23.9 Å². The molecule has 3 rings (SSSR count). The minimum absolute atomic E-state index is 0.223. The van der Waals surface area contributed by atoms with Crippen molar-refractivity contribution in [1.29, 1.82) is 5.26 Å². The molecule has 8 heteroatoms. The first-order valence-corrected chi connectivity index (χ1v) is 9.33. The van der Waals surface area contributed by atoms with Crippen LogP contribution in [0, 0.1) is 17.1 Å². The van der Waals surface area contributed by atoms with Gasteiger partial charge in [-0.15, -0.1) is 0 Å². The van der Waals surface area contributed by atoms with Gasteiger partial charge in [0.15, 0.2) is 5.69 Å². The van der Waals surface area contributed by atoms with E-state index >= 15 is 0 Å². The Morgan fingerprint density at radius 3 is 2.76 bits per heavy atom. The largest absolute Gasteiger partial charge is 0.491 e. The highest BCUT2D eigenvalue weighted by Gasteiger charge is 2.15. The third kappa shape index (κ3) is 5.59. The second-order valence-electron chi connectivity index (χ2n) is 6.85. The average Bonchev–Trinajstić information content (AvgIpc) is 3.24. The van der Waals surface area contributed by atoms with Crippen molar-refractivity contribution in [2.24, 2.45) is 0 Å². The van der Waals surface area contributed by atoms with Gasteiger partial charge in [-0.2, -0.15) is 10.2 Å². The number of hydrogen-bond donors (Lipinski definition) is 0. The second kappa shape index (κ2) is 9.75. The van der Waals surface area contributed by atoms with Crippen LogP contribution < -0.4 is 4.74 Å². The van der Waals surface area contributed by atoms with Crippen molar-refractivity contribution in [1.82, 2.24) is 20.0 Å². The fourth-order valence-corrected chi connectivity index (χ4v) is 2.85. The van der Waals surface area contributed by atoms with Gasteiger partial charge >= 0.3 is 0 Å². The molecule has 0 aliphatic carbocycles. The van der Waals surface area contributed by atoms with Crippen LogP contribution in [0.4, 0.5) is 4.39 Å². The SMILES string of the molecule is CN(C)CCCCCOc1ccc(-c2cc(F)cc(C#N)c2)nc1-c1ncon1. The Hall–Kier alpha value is -3.31. The molecule has 0 fully saturated rings. The predicted molar refractivity (Wildman–Crippen MR) is 106 cm³/mol. The van der Waals surface area contributed by atoms with Crippen LogP contribution in [0.3, 0.4) is 0 Å². The van der Waals surface area contributed by atoms with Crippen molar-refractivity contribution in [2.75, 3.05) is 27.2 Å². The Labute approximate surface area is 168 Å². The number of unbranched alkanes of at least 4 members (excludes halogenated alkanes) is 2. The standard InChI is InChI=1S/C21H22FN5O2/c1-27(2)8-4-3-5-9-28-19-7-6-18(25-20(19)21-24-14-29-26-21)16-10-15(13-23)11-17(22)12-16/h6-7,10-12,14H,3-5,8-9H2,1-2H3. The number of pyridine rings is 1. The number of aromatic nitrogens is 3. The summed E-state index contributed by atoms with van der Waals surface area (Å²) >= 11 is 0. The van der Waals surface area contributed by atoms with Gasteiger partial charge in [-0.25, -0.2) is 9.37 Å². The van der Waals surface area contributed by atoms with Gasteiger partial charge in [0.2, 0.25) is 12.2 Å². The smallest absolute Gasteiger partial charge is 0.224 e. The van der Waals surface area contributed by atoms with E-state index in [0.717, 1.165) is 25.8 Å². The Morgan fingerprint density at radius 2 is 2.03 bits per heavy atom. The molecule has 0 unspecified atom stereocenters. The normalized spacial score (nSPS) is 10.9. The van der Waals surface area contributed by atoms with Crippen molar-refractivity contribution in [3.05, 3.63) is 48.1 Å². The van der Waals surface area contributed by atoms with E-state index in [1.807, 2.05) is 6.07 Å². The molecule has 0 spiro atoms. The van der Waals surface area contributed by atoms with Gasteiger partial charge < -0.3 is 14.2 Å². The van der Waals surface area contributed by atoms with E-state index in [1.54, 1.807) is 18.2 Å². The predicted octanol–water partition coefficient (Wildman–Crippen LogP) is 3.92. The summed E-state index contributed by atoms with van der Waals surface area (Å²) in [6.07, 6.45) is 4.29. The number of benzene rings is 1. The zero-order chi connectivity index (χ0) is 20.6. The van der Waals surface area contributed by atoms with Crippen LogP contribution in [0.1, 0.15) is 24.8 Å². The molecule has 150 valence electrons. The first kappa shape index (κ1) is 20.4. The molecule has 0 N–H and O–H groups in total.